The van der Waals surface area contributed by atoms with Gasteiger partial charge in [-0.25, -0.2) is 0 Å². The van der Waals surface area contributed by atoms with Crippen molar-refractivity contribution in [3.05, 3.63) is 53.1 Å². The van der Waals surface area contributed by atoms with Crippen LogP contribution in [0.5, 0.6) is 11.5 Å². The molecule has 2 heterocycles. The molecule has 0 radical (unpaired) electrons. The predicted octanol–water partition coefficient (Wildman–Crippen LogP) is 2.50. The summed E-state index contributed by atoms with van der Waals surface area (Å²) in [5.41, 5.74) is 4.38. The third-order valence-electron chi connectivity index (χ3n) is 5.42. The van der Waals surface area contributed by atoms with E-state index in [9.17, 15) is 4.79 Å². The van der Waals surface area contributed by atoms with E-state index in [-0.39, 0.29) is 12.5 Å². The first-order chi connectivity index (χ1) is 14.6. The van der Waals surface area contributed by atoms with Gasteiger partial charge in [0.25, 0.3) is 0 Å². The number of aromatic nitrogens is 4. The zero-order chi connectivity index (χ0) is 21.1. The molecule has 1 aromatic heterocycles. The van der Waals surface area contributed by atoms with Crippen LogP contribution in [0, 0.1) is 0 Å². The Hall–Kier alpha value is -3.42. The van der Waals surface area contributed by atoms with Crippen LogP contribution in [-0.2, 0) is 30.7 Å². The van der Waals surface area contributed by atoms with E-state index in [4.69, 9.17) is 9.47 Å². The number of carbonyl (C=O) groups excluding carboxylic acids is 1. The fourth-order valence-corrected chi connectivity index (χ4v) is 3.63. The van der Waals surface area contributed by atoms with E-state index in [1.54, 1.807) is 14.2 Å². The number of ether oxygens (including phenoxy) is 2. The largest absolute Gasteiger partial charge is 0.493 e. The van der Waals surface area contributed by atoms with Crippen molar-refractivity contribution in [2.24, 2.45) is 0 Å². The fourth-order valence-electron chi connectivity index (χ4n) is 3.63. The van der Waals surface area contributed by atoms with Crippen LogP contribution < -0.4 is 9.47 Å². The molecule has 0 saturated carbocycles. The van der Waals surface area contributed by atoms with Gasteiger partial charge in [-0.05, 0) is 46.9 Å². The highest BCUT2D eigenvalue weighted by Gasteiger charge is 2.23. The Kier molecular flexibility index (Phi) is 5.65. The lowest BCUT2D eigenvalue weighted by atomic mass is 9.98. The molecule has 30 heavy (non-hydrogen) atoms. The Morgan fingerprint density at radius 2 is 1.77 bits per heavy atom. The first kappa shape index (κ1) is 19.9. The molecular weight excluding hydrogens is 382 g/mol. The molecule has 4 rings (SSSR count). The minimum atomic E-state index is -0.0410. The summed E-state index contributed by atoms with van der Waals surface area (Å²) in [5, 5.41) is 12.5. The Labute approximate surface area is 175 Å². The average molecular weight is 407 g/mol. The van der Waals surface area contributed by atoms with E-state index in [0.29, 0.717) is 30.4 Å². The van der Waals surface area contributed by atoms with Gasteiger partial charge in [-0.15, -0.1) is 10.2 Å². The molecule has 0 unspecified atom stereocenters. The smallest absolute Gasteiger partial charge is 0.246 e. The molecule has 0 bridgehead atoms. The number of carbonyl (C=O) groups is 1. The van der Waals surface area contributed by atoms with Crippen molar-refractivity contribution in [1.82, 2.24) is 25.1 Å². The summed E-state index contributed by atoms with van der Waals surface area (Å²) in [4.78, 5) is 16.0. The van der Waals surface area contributed by atoms with Crippen molar-refractivity contribution in [2.75, 3.05) is 20.8 Å². The van der Waals surface area contributed by atoms with Crippen molar-refractivity contribution in [1.29, 1.82) is 0 Å². The molecule has 1 aliphatic heterocycles. The number of amides is 1. The molecule has 0 atom stereocenters. The Morgan fingerprint density at radius 3 is 2.43 bits per heavy atom. The SMILES string of the molecule is CCc1ccc(-c2nnn(CC(=O)N3CCc4cc(OC)c(OC)cc4C3)n2)cc1. The molecule has 1 aliphatic rings. The van der Waals surface area contributed by atoms with Gasteiger partial charge in [0.15, 0.2) is 11.5 Å². The Bertz CT molecular complexity index is 1050. The number of rotatable bonds is 6. The normalized spacial score (nSPS) is 13.1. The zero-order valence-electron chi connectivity index (χ0n) is 17.5. The fraction of sp³-hybridized carbons (Fsp3) is 0.364. The van der Waals surface area contributed by atoms with E-state index in [1.165, 1.54) is 15.9 Å². The van der Waals surface area contributed by atoms with Crippen molar-refractivity contribution in [2.45, 2.75) is 32.9 Å². The maximum absolute atomic E-state index is 12.8. The summed E-state index contributed by atoms with van der Waals surface area (Å²) in [6, 6.07) is 12.0. The number of aryl methyl sites for hydroxylation is 1. The van der Waals surface area contributed by atoms with Crippen LogP contribution >= 0.6 is 0 Å². The van der Waals surface area contributed by atoms with Gasteiger partial charge in [0.1, 0.15) is 6.54 Å². The van der Waals surface area contributed by atoms with Gasteiger partial charge in [0.05, 0.1) is 14.2 Å². The monoisotopic (exact) mass is 407 g/mol. The Balaban J connectivity index is 1.44. The summed E-state index contributed by atoms with van der Waals surface area (Å²) in [5.74, 6) is 1.86. The number of hydrogen-bond donors (Lipinski definition) is 0. The predicted molar refractivity (Wildman–Crippen MR) is 111 cm³/mol. The minimum absolute atomic E-state index is 0.0410. The highest BCUT2D eigenvalue weighted by molar-refractivity contribution is 5.76. The zero-order valence-corrected chi connectivity index (χ0v) is 17.5. The van der Waals surface area contributed by atoms with Crippen LogP contribution in [0.3, 0.4) is 0 Å². The number of fused-ring (bicyclic) bond motifs is 1. The Morgan fingerprint density at radius 1 is 1.07 bits per heavy atom. The average Bonchev–Trinajstić information content (AvgIpc) is 3.26. The molecule has 156 valence electrons. The maximum Gasteiger partial charge on any atom is 0.246 e. The van der Waals surface area contributed by atoms with Crippen LogP contribution in [0.2, 0.25) is 0 Å². The second-order valence-electron chi connectivity index (χ2n) is 7.24. The second kappa shape index (κ2) is 8.52. The molecule has 8 nitrogen and oxygen atoms in total. The molecule has 0 saturated heterocycles. The van der Waals surface area contributed by atoms with Gasteiger partial charge in [0, 0.05) is 18.7 Å². The van der Waals surface area contributed by atoms with E-state index >= 15 is 0 Å². The summed E-state index contributed by atoms with van der Waals surface area (Å²) < 4.78 is 10.8. The second-order valence-corrected chi connectivity index (χ2v) is 7.24. The lowest BCUT2D eigenvalue weighted by Crippen LogP contribution is -2.38. The van der Waals surface area contributed by atoms with Crippen LogP contribution in [0.1, 0.15) is 23.6 Å². The topological polar surface area (TPSA) is 82.4 Å². The first-order valence-electron chi connectivity index (χ1n) is 10.00. The number of benzene rings is 2. The molecular formula is C22H25N5O3. The van der Waals surface area contributed by atoms with Gasteiger partial charge in [-0.2, -0.15) is 4.80 Å². The van der Waals surface area contributed by atoms with Crippen LogP contribution in [0.25, 0.3) is 11.4 Å². The minimum Gasteiger partial charge on any atom is -0.493 e. The van der Waals surface area contributed by atoms with E-state index in [2.05, 4.69) is 34.5 Å². The first-order valence-corrected chi connectivity index (χ1v) is 10.00. The van der Waals surface area contributed by atoms with E-state index in [1.807, 2.05) is 29.2 Å². The number of nitrogens with zero attached hydrogens (tertiary/aromatic N) is 5. The third kappa shape index (κ3) is 3.98. The molecule has 0 N–H and O–H groups in total. The molecule has 0 aliphatic carbocycles. The van der Waals surface area contributed by atoms with Crippen molar-refractivity contribution < 1.29 is 14.3 Å². The number of tetrazole rings is 1. The summed E-state index contributed by atoms with van der Waals surface area (Å²) in [7, 11) is 3.24. The van der Waals surface area contributed by atoms with Crippen LogP contribution in [0.15, 0.2) is 36.4 Å². The van der Waals surface area contributed by atoms with Gasteiger partial charge in [0.2, 0.25) is 11.7 Å². The summed E-state index contributed by atoms with van der Waals surface area (Å²) in [6.07, 6.45) is 1.74. The number of methoxy groups -OCH3 is 2. The third-order valence-corrected chi connectivity index (χ3v) is 5.42. The molecule has 0 spiro atoms. The standard InChI is InChI=1S/C22H25N5O3/c1-4-15-5-7-16(8-6-15)22-23-25-27(24-22)14-21(28)26-10-9-17-11-19(29-2)20(30-3)12-18(17)13-26/h5-8,11-12H,4,9-10,13-14H2,1-3H3. The highest BCUT2D eigenvalue weighted by atomic mass is 16.5. The van der Waals surface area contributed by atoms with Gasteiger partial charge >= 0.3 is 0 Å². The van der Waals surface area contributed by atoms with Crippen molar-refractivity contribution in [3.8, 4) is 22.9 Å². The van der Waals surface area contributed by atoms with E-state index < -0.39 is 0 Å². The molecule has 0 fully saturated rings. The van der Waals surface area contributed by atoms with Gasteiger partial charge in [-0.1, -0.05) is 31.2 Å². The quantitative estimate of drug-likeness (QED) is 0.624. The lowest BCUT2D eigenvalue weighted by molar-refractivity contribution is -0.133. The van der Waals surface area contributed by atoms with Crippen LogP contribution in [0.4, 0.5) is 0 Å². The van der Waals surface area contributed by atoms with Gasteiger partial charge in [-0.3, -0.25) is 4.79 Å². The lowest BCUT2D eigenvalue weighted by Gasteiger charge is -2.29. The highest BCUT2D eigenvalue weighted by Crippen LogP contribution is 2.33. The van der Waals surface area contributed by atoms with Crippen LogP contribution in [-0.4, -0.2) is 51.8 Å². The number of hydrogen-bond acceptors (Lipinski definition) is 6. The molecule has 2 aromatic carbocycles. The molecule has 1 amide bonds. The van der Waals surface area contributed by atoms with Crippen molar-refractivity contribution >= 4 is 5.91 Å². The van der Waals surface area contributed by atoms with E-state index in [0.717, 1.165) is 24.0 Å². The summed E-state index contributed by atoms with van der Waals surface area (Å²) >= 11 is 0. The summed E-state index contributed by atoms with van der Waals surface area (Å²) in [6.45, 7) is 3.33. The van der Waals surface area contributed by atoms with Gasteiger partial charge < -0.3 is 14.4 Å². The maximum atomic E-state index is 12.8. The molecule has 8 heteroatoms. The molecule has 3 aromatic rings. The van der Waals surface area contributed by atoms with Crippen molar-refractivity contribution in [3.63, 3.8) is 0 Å².